The van der Waals surface area contributed by atoms with E-state index in [9.17, 15) is 9.90 Å². The summed E-state index contributed by atoms with van der Waals surface area (Å²) in [6, 6.07) is 22.2. The number of rotatable bonds is 13. The van der Waals surface area contributed by atoms with Gasteiger partial charge in [-0.2, -0.15) is 0 Å². The minimum atomic E-state index is -0.783. The molecule has 40 heavy (non-hydrogen) atoms. The summed E-state index contributed by atoms with van der Waals surface area (Å²) < 4.78 is 16.4. The number of amides is 1. The van der Waals surface area contributed by atoms with Crippen LogP contribution < -0.4 is 10.1 Å². The molecule has 3 rings (SSSR count). The van der Waals surface area contributed by atoms with E-state index in [1.165, 1.54) is 0 Å². The van der Waals surface area contributed by atoms with Crippen molar-refractivity contribution in [3.8, 4) is 16.9 Å². The molecule has 0 aliphatic rings. The molecule has 3 aromatic carbocycles. The van der Waals surface area contributed by atoms with Crippen LogP contribution in [-0.2, 0) is 15.9 Å². The third kappa shape index (κ3) is 9.44. The van der Waals surface area contributed by atoms with Crippen LogP contribution in [0.25, 0.3) is 11.1 Å². The number of aryl methyl sites for hydroxylation is 1. The summed E-state index contributed by atoms with van der Waals surface area (Å²) in [5, 5.41) is 13.8. The Labute approximate surface area is 247 Å². The number of aliphatic hydroxyl groups is 1. The number of nitrogens with one attached hydrogen (secondary N) is 1. The van der Waals surface area contributed by atoms with E-state index in [0.717, 1.165) is 38.7 Å². The summed E-state index contributed by atoms with van der Waals surface area (Å²) in [7, 11) is 1.60. The van der Waals surface area contributed by atoms with Crippen LogP contribution in [0.5, 0.6) is 5.75 Å². The van der Waals surface area contributed by atoms with Crippen molar-refractivity contribution in [3.05, 3.63) is 77.3 Å². The maximum absolute atomic E-state index is 12.5. The minimum absolute atomic E-state index is 0.173. The molecule has 0 aliphatic carbocycles. The van der Waals surface area contributed by atoms with Crippen LogP contribution in [0.3, 0.4) is 0 Å². The molecule has 1 atom stereocenters. The van der Waals surface area contributed by atoms with E-state index in [0.29, 0.717) is 24.3 Å². The number of carbonyl (C=O) groups is 1. The van der Waals surface area contributed by atoms with E-state index in [2.05, 4.69) is 23.5 Å². The van der Waals surface area contributed by atoms with Crippen molar-refractivity contribution in [1.82, 2.24) is 5.32 Å². The van der Waals surface area contributed by atoms with Gasteiger partial charge in [0.05, 0.1) is 12.1 Å². The first-order chi connectivity index (χ1) is 19.1. The second-order valence-corrected chi connectivity index (χ2v) is 12.3. The van der Waals surface area contributed by atoms with Gasteiger partial charge in [-0.25, -0.2) is 4.79 Å². The average Bonchev–Trinajstić information content (AvgIpc) is 2.91. The molecule has 0 bridgehead atoms. The first-order valence-corrected chi connectivity index (χ1v) is 14.7. The number of hydrogen-bond acceptors (Lipinski definition) is 6. The third-order valence-electron chi connectivity index (χ3n) is 6.30. The molecule has 0 radical (unpaired) electrons. The molecule has 216 valence electrons. The molecule has 2 N–H and O–H groups in total. The van der Waals surface area contributed by atoms with Crippen LogP contribution in [0.2, 0.25) is 5.02 Å². The summed E-state index contributed by atoms with van der Waals surface area (Å²) >= 11 is 8.34. The van der Waals surface area contributed by atoms with Crippen LogP contribution >= 0.6 is 23.4 Å². The molecule has 6 nitrogen and oxygen atoms in total. The Kier molecular flexibility index (Phi) is 11.8. The highest BCUT2D eigenvalue weighted by Crippen LogP contribution is 2.38. The summed E-state index contributed by atoms with van der Waals surface area (Å²) in [4.78, 5) is 14.6. The number of carbonyl (C=O) groups excluding carboxylic acids is 1. The fourth-order valence-corrected chi connectivity index (χ4v) is 5.65. The molecule has 1 amide bonds. The lowest BCUT2D eigenvalue weighted by Gasteiger charge is -2.34. The Morgan fingerprint density at radius 3 is 2.33 bits per heavy atom. The van der Waals surface area contributed by atoms with Crippen LogP contribution in [0.1, 0.15) is 52.5 Å². The van der Waals surface area contributed by atoms with Gasteiger partial charge >= 0.3 is 6.09 Å². The summed E-state index contributed by atoms with van der Waals surface area (Å²) in [6.45, 7) is 7.47. The zero-order valence-electron chi connectivity index (χ0n) is 24.0. The summed E-state index contributed by atoms with van der Waals surface area (Å²) in [5.41, 5.74) is 1.60. The second kappa shape index (κ2) is 14.8. The topological polar surface area (TPSA) is 77.0 Å². The number of halogens is 1. The van der Waals surface area contributed by atoms with E-state index < -0.39 is 17.2 Å². The van der Waals surface area contributed by atoms with E-state index in [1.54, 1.807) is 18.9 Å². The quantitative estimate of drug-likeness (QED) is 0.197. The van der Waals surface area contributed by atoms with Crippen LogP contribution in [-0.4, -0.2) is 42.8 Å². The molecule has 8 heteroatoms. The van der Waals surface area contributed by atoms with Crippen molar-refractivity contribution < 1.29 is 24.1 Å². The standard InChI is InChI=1S/C32H40ClNO5S/c1-6-17-32(21-35,34-30(36)39-31(2,3)4)18-16-24-12-13-26(20-28(24)33)40-25-14-15-29(38-22-37-5)27(19-25)23-10-8-7-9-11-23/h7-15,19-20,35H,6,16-18,21-22H2,1-5H3,(H,34,36). The van der Waals surface area contributed by atoms with Crippen LogP contribution in [0, 0.1) is 0 Å². The maximum atomic E-state index is 12.5. The zero-order valence-corrected chi connectivity index (χ0v) is 25.5. The zero-order chi connectivity index (χ0) is 29.2. The lowest BCUT2D eigenvalue weighted by atomic mass is 9.87. The molecule has 3 aromatic rings. The lowest BCUT2D eigenvalue weighted by Crippen LogP contribution is -2.53. The van der Waals surface area contributed by atoms with Gasteiger partial charge in [0.2, 0.25) is 0 Å². The Morgan fingerprint density at radius 2 is 1.70 bits per heavy atom. The Hall–Kier alpha value is -2.71. The molecule has 1 unspecified atom stereocenters. The highest BCUT2D eigenvalue weighted by Gasteiger charge is 2.32. The van der Waals surface area contributed by atoms with Crippen LogP contribution in [0.4, 0.5) is 4.79 Å². The molecule has 0 saturated carbocycles. The van der Waals surface area contributed by atoms with Crippen LogP contribution in [0.15, 0.2) is 76.5 Å². The third-order valence-corrected chi connectivity index (χ3v) is 7.63. The van der Waals surface area contributed by atoms with Gasteiger partial charge in [-0.3, -0.25) is 0 Å². The van der Waals surface area contributed by atoms with E-state index in [4.69, 9.17) is 25.8 Å². The highest BCUT2D eigenvalue weighted by atomic mass is 35.5. The summed E-state index contributed by atoms with van der Waals surface area (Å²) in [5.74, 6) is 0.755. The molecule has 0 heterocycles. The van der Waals surface area contributed by atoms with Crippen molar-refractivity contribution in [3.63, 3.8) is 0 Å². The first kappa shape index (κ1) is 31.8. The Balaban J connectivity index is 1.75. The number of hydrogen-bond donors (Lipinski definition) is 2. The Morgan fingerprint density at radius 1 is 1.00 bits per heavy atom. The highest BCUT2D eigenvalue weighted by molar-refractivity contribution is 7.99. The molecule has 0 aliphatic heterocycles. The van der Waals surface area contributed by atoms with E-state index >= 15 is 0 Å². The predicted molar refractivity (Wildman–Crippen MR) is 162 cm³/mol. The fraction of sp³-hybridized carbons (Fsp3) is 0.406. The molecule has 0 aromatic heterocycles. The number of ether oxygens (including phenoxy) is 3. The minimum Gasteiger partial charge on any atom is -0.467 e. The van der Waals surface area contributed by atoms with Gasteiger partial charge in [0, 0.05) is 27.5 Å². The first-order valence-electron chi connectivity index (χ1n) is 13.5. The SMILES string of the molecule is CCCC(CO)(CCc1ccc(Sc2ccc(OCOC)c(-c3ccccc3)c2)cc1Cl)NC(=O)OC(C)(C)C. The Bertz CT molecular complexity index is 1250. The summed E-state index contributed by atoms with van der Waals surface area (Å²) in [6.07, 6.45) is 2.04. The molecular formula is C32H40ClNO5S. The van der Waals surface area contributed by atoms with Crippen molar-refractivity contribution in [2.24, 2.45) is 0 Å². The largest absolute Gasteiger partial charge is 0.467 e. The van der Waals surface area contributed by atoms with E-state index in [1.807, 2.05) is 76.2 Å². The van der Waals surface area contributed by atoms with Gasteiger partial charge in [-0.1, -0.05) is 73.1 Å². The van der Waals surface area contributed by atoms with Crippen molar-refractivity contribution >= 4 is 29.5 Å². The lowest BCUT2D eigenvalue weighted by molar-refractivity contribution is 0.0373. The second-order valence-electron chi connectivity index (χ2n) is 10.7. The smallest absolute Gasteiger partial charge is 0.408 e. The van der Waals surface area contributed by atoms with Gasteiger partial charge in [-0.05, 0) is 81.5 Å². The van der Waals surface area contributed by atoms with Gasteiger partial charge < -0.3 is 24.6 Å². The predicted octanol–water partition coefficient (Wildman–Crippen LogP) is 8.13. The van der Waals surface area contributed by atoms with Gasteiger partial charge in [0.25, 0.3) is 0 Å². The maximum Gasteiger partial charge on any atom is 0.408 e. The molecule has 0 saturated heterocycles. The molecule has 0 fully saturated rings. The van der Waals surface area contributed by atoms with Gasteiger partial charge in [0.1, 0.15) is 11.4 Å². The number of methoxy groups -OCH3 is 1. The number of aliphatic hydroxyl groups excluding tert-OH is 1. The monoisotopic (exact) mass is 585 g/mol. The van der Waals surface area contributed by atoms with Gasteiger partial charge in [0.15, 0.2) is 6.79 Å². The fourth-order valence-electron chi connectivity index (χ4n) is 4.41. The van der Waals surface area contributed by atoms with E-state index in [-0.39, 0.29) is 13.4 Å². The normalized spacial score (nSPS) is 13.0. The van der Waals surface area contributed by atoms with Gasteiger partial charge in [-0.15, -0.1) is 0 Å². The number of benzene rings is 3. The molecular weight excluding hydrogens is 546 g/mol. The van der Waals surface area contributed by atoms with Crippen molar-refractivity contribution in [2.45, 2.75) is 74.3 Å². The van der Waals surface area contributed by atoms with Crippen molar-refractivity contribution in [1.29, 1.82) is 0 Å². The number of alkyl carbamates (subject to hydrolysis) is 1. The molecule has 0 spiro atoms. The van der Waals surface area contributed by atoms with Crippen molar-refractivity contribution in [2.75, 3.05) is 20.5 Å². The average molecular weight is 586 g/mol.